The van der Waals surface area contributed by atoms with E-state index in [1.54, 1.807) is 7.11 Å². The van der Waals surface area contributed by atoms with Crippen LogP contribution in [0.15, 0.2) is 77.6 Å². The van der Waals surface area contributed by atoms with E-state index in [1.165, 1.54) is 0 Å². The molecule has 0 radical (unpaired) electrons. The van der Waals surface area contributed by atoms with Crippen LogP contribution < -0.4 is 4.74 Å². The van der Waals surface area contributed by atoms with E-state index in [1.807, 2.05) is 77.6 Å². The van der Waals surface area contributed by atoms with Gasteiger partial charge in [0.1, 0.15) is 5.75 Å². The Bertz CT molecular complexity index is 924. The van der Waals surface area contributed by atoms with Crippen molar-refractivity contribution in [3.8, 4) is 34.3 Å². The molecule has 0 spiro atoms. The lowest BCUT2D eigenvalue weighted by Gasteiger charge is -2.02. The van der Waals surface area contributed by atoms with E-state index in [0.717, 1.165) is 22.6 Å². The molecule has 0 N–H and O–H groups in total. The van der Waals surface area contributed by atoms with Gasteiger partial charge in [0.2, 0.25) is 5.82 Å². The zero-order chi connectivity index (χ0) is 16.4. The molecule has 118 valence electrons. The lowest BCUT2D eigenvalue weighted by atomic mass is 10.2. The predicted molar refractivity (Wildman–Crippen MR) is 91.0 cm³/mol. The van der Waals surface area contributed by atoms with E-state index in [9.17, 15) is 0 Å². The molecule has 24 heavy (non-hydrogen) atoms. The van der Waals surface area contributed by atoms with Crippen LogP contribution in [0.1, 0.15) is 0 Å². The van der Waals surface area contributed by atoms with Gasteiger partial charge in [0.15, 0.2) is 0 Å². The third kappa shape index (κ3) is 2.67. The van der Waals surface area contributed by atoms with Gasteiger partial charge in [-0.05, 0) is 60.7 Å². The third-order valence-electron chi connectivity index (χ3n) is 3.79. The lowest BCUT2D eigenvalue weighted by molar-refractivity contribution is 0.414. The Morgan fingerprint density at radius 2 is 1.54 bits per heavy atom. The second kappa shape index (κ2) is 6.04. The molecule has 2 aromatic heterocycles. The summed E-state index contributed by atoms with van der Waals surface area (Å²) in [5, 5.41) is 4.07. The minimum Gasteiger partial charge on any atom is -0.497 e. The molecule has 0 amide bonds. The molecule has 0 bridgehead atoms. The number of nitrogens with zero attached hydrogens (tertiary/aromatic N) is 3. The average Bonchev–Trinajstić information content (AvgIpc) is 3.34. The molecule has 0 saturated heterocycles. The molecule has 2 heterocycles. The first kappa shape index (κ1) is 14.3. The first-order valence-corrected chi connectivity index (χ1v) is 7.55. The maximum atomic E-state index is 5.37. The van der Waals surface area contributed by atoms with Crippen LogP contribution >= 0.6 is 0 Å². The van der Waals surface area contributed by atoms with Crippen molar-refractivity contribution in [2.75, 3.05) is 7.11 Å². The Balaban J connectivity index is 1.60. The molecule has 0 fully saturated rings. The van der Waals surface area contributed by atoms with Crippen LogP contribution in [0.5, 0.6) is 5.75 Å². The lowest BCUT2D eigenvalue weighted by Crippen LogP contribution is -1.89. The molecular formula is C19H15N3O2. The summed E-state index contributed by atoms with van der Waals surface area (Å²) >= 11 is 0. The standard InChI is InChI=1S/C19H15N3O2/c1-23-17-10-6-15(7-11-17)19-20-18(21-24-19)14-4-8-16(9-5-14)22-12-2-3-13-22/h2-13H,1H3. The number of hydrogen-bond donors (Lipinski definition) is 0. The van der Waals surface area contributed by atoms with Gasteiger partial charge < -0.3 is 13.8 Å². The molecule has 0 saturated carbocycles. The normalized spacial score (nSPS) is 10.7. The van der Waals surface area contributed by atoms with Gasteiger partial charge in [-0.15, -0.1) is 0 Å². The van der Waals surface area contributed by atoms with Crippen molar-refractivity contribution in [3.05, 3.63) is 73.1 Å². The van der Waals surface area contributed by atoms with E-state index in [2.05, 4.69) is 10.1 Å². The monoisotopic (exact) mass is 317 g/mol. The molecule has 4 aromatic rings. The Labute approximate surface area is 139 Å². The van der Waals surface area contributed by atoms with Gasteiger partial charge in [0.25, 0.3) is 5.89 Å². The molecule has 0 atom stereocenters. The van der Waals surface area contributed by atoms with Gasteiger partial charge >= 0.3 is 0 Å². The number of aromatic nitrogens is 3. The van der Waals surface area contributed by atoms with Gasteiger partial charge in [0.05, 0.1) is 7.11 Å². The SMILES string of the molecule is COc1ccc(-c2nc(-c3ccc(-n4cccc4)cc3)no2)cc1. The Hall–Kier alpha value is -3.34. The highest BCUT2D eigenvalue weighted by Gasteiger charge is 2.10. The van der Waals surface area contributed by atoms with Gasteiger partial charge in [0, 0.05) is 29.2 Å². The Morgan fingerprint density at radius 1 is 0.875 bits per heavy atom. The fourth-order valence-corrected chi connectivity index (χ4v) is 2.48. The minimum atomic E-state index is 0.488. The molecule has 0 aliphatic heterocycles. The first-order valence-electron chi connectivity index (χ1n) is 7.55. The fraction of sp³-hybridized carbons (Fsp3) is 0.0526. The smallest absolute Gasteiger partial charge is 0.258 e. The zero-order valence-corrected chi connectivity index (χ0v) is 13.1. The van der Waals surface area contributed by atoms with Crippen LogP contribution in [0.4, 0.5) is 0 Å². The van der Waals surface area contributed by atoms with Crippen molar-refractivity contribution in [3.63, 3.8) is 0 Å². The third-order valence-corrected chi connectivity index (χ3v) is 3.79. The topological polar surface area (TPSA) is 53.1 Å². The Kier molecular flexibility index (Phi) is 3.59. The fourth-order valence-electron chi connectivity index (χ4n) is 2.48. The van der Waals surface area contributed by atoms with Crippen LogP contribution in [0.3, 0.4) is 0 Å². The van der Waals surface area contributed by atoms with E-state index >= 15 is 0 Å². The summed E-state index contributed by atoms with van der Waals surface area (Å²) in [7, 11) is 1.64. The van der Waals surface area contributed by atoms with Crippen molar-refractivity contribution < 1.29 is 9.26 Å². The molecule has 5 nitrogen and oxygen atoms in total. The van der Waals surface area contributed by atoms with E-state index in [-0.39, 0.29) is 0 Å². The van der Waals surface area contributed by atoms with Crippen molar-refractivity contribution in [2.45, 2.75) is 0 Å². The van der Waals surface area contributed by atoms with Crippen molar-refractivity contribution in [2.24, 2.45) is 0 Å². The highest BCUT2D eigenvalue weighted by Crippen LogP contribution is 2.24. The second-order valence-corrected chi connectivity index (χ2v) is 5.29. The number of hydrogen-bond acceptors (Lipinski definition) is 4. The average molecular weight is 317 g/mol. The summed E-state index contributed by atoms with van der Waals surface area (Å²) in [6.07, 6.45) is 4.01. The number of ether oxygens (including phenoxy) is 1. The molecule has 0 aliphatic carbocycles. The highest BCUT2D eigenvalue weighted by atomic mass is 16.5. The van der Waals surface area contributed by atoms with Gasteiger partial charge in [-0.3, -0.25) is 0 Å². The van der Waals surface area contributed by atoms with Crippen molar-refractivity contribution in [1.82, 2.24) is 14.7 Å². The van der Waals surface area contributed by atoms with Crippen LogP contribution in [0, 0.1) is 0 Å². The zero-order valence-electron chi connectivity index (χ0n) is 13.1. The predicted octanol–water partition coefficient (Wildman–Crippen LogP) is 4.20. The summed E-state index contributed by atoms with van der Waals surface area (Å²) in [5.74, 6) is 1.85. The minimum absolute atomic E-state index is 0.488. The quantitative estimate of drug-likeness (QED) is 0.566. The van der Waals surface area contributed by atoms with Crippen molar-refractivity contribution in [1.29, 1.82) is 0 Å². The maximum absolute atomic E-state index is 5.37. The molecular weight excluding hydrogens is 302 g/mol. The number of benzene rings is 2. The molecule has 4 rings (SSSR count). The van der Waals surface area contributed by atoms with E-state index in [4.69, 9.17) is 9.26 Å². The summed E-state index contributed by atoms with van der Waals surface area (Å²) in [4.78, 5) is 4.47. The summed E-state index contributed by atoms with van der Waals surface area (Å²) in [6, 6.07) is 19.5. The molecule has 5 heteroatoms. The van der Waals surface area contributed by atoms with Crippen LogP contribution in [0.2, 0.25) is 0 Å². The molecule has 0 unspecified atom stereocenters. The van der Waals surface area contributed by atoms with Crippen molar-refractivity contribution >= 4 is 0 Å². The molecule has 0 aliphatic rings. The number of rotatable bonds is 4. The van der Waals surface area contributed by atoms with Gasteiger partial charge in [-0.25, -0.2) is 0 Å². The van der Waals surface area contributed by atoms with Crippen LogP contribution in [0.25, 0.3) is 28.5 Å². The highest BCUT2D eigenvalue weighted by molar-refractivity contribution is 5.61. The van der Waals surface area contributed by atoms with Gasteiger partial charge in [-0.1, -0.05) is 5.16 Å². The van der Waals surface area contributed by atoms with Crippen LogP contribution in [-0.2, 0) is 0 Å². The largest absolute Gasteiger partial charge is 0.497 e. The first-order chi connectivity index (χ1) is 11.8. The second-order valence-electron chi connectivity index (χ2n) is 5.29. The summed E-state index contributed by atoms with van der Waals surface area (Å²) in [6.45, 7) is 0. The number of methoxy groups -OCH3 is 1. The summed E-state index contributed by atoms with van der Waals surface area (Å²) in [5.41, 5.74) is 2.86. The Morgan fingerprint density at radius 3 is 2.21 bits per heavy atom. The van der Waals surface area contributed by atoms with E-state index < -0.39 is 0 Å². The van der Waals surface area contributed by atoms with Gasteiger partial charge in [-0.2, -0.15) is 4.98 Å². The summed E-state index contributed by atoms with van der Waals surface area (Å²) < 4.78 is 12.6. The maximum Gasteiger partial charge on any atom is 0.258 e. The molecule has 2 aromatic carbocycles. The van der Waals surface area contributed by atoms with Crippen LogP contribution in [-0.4, -0.2) is 21.8 Å². The van der Waals surface area contributed by atoms with E-state index in [0.29, 0.717) is 11.7 Å².